The number of non-ortho nitro benzene ring substituents is 1. The van der Waals surface area contributed by atoms with E-state index in [0.29, 0.717) is 28.4 Å². The number of nitro groups is 1. The largest absolute Gasteiger partial charge is 0.419 e. The molecule has 0 unspecified atom stereocenters. The zero-order valence-corrected chi connectivity index (χ0v) is 17.9. The van der Waals surface area contributed by atoms with Crippen molar-refractivity contribution < 1.29 is 9.34 Å². The lowest BCUT2D eigenvalue weighted by molar-refractivity contribution is -0.384. The quantitative estimate of drug-likeness (QED) is 0.232. The van der Waals surface area contributed by atoms with Crippen LogP contribution in [0.25, 0.3) is 17.1 Å². The Kier molecular flexibility index (Phi) is 5.76. The van der Waals surface area contributed by atoms with Gasteiger partial charge in [0, 0.05) is 17.7 Å². The highest BCUT2D eigenvalue weighted by molar-refractivity contribution is 7.99. The van der Waals surface area contributed by atoms with Gasteiger partial charge in [0.15, 0.2) is 0 Å². The van der Waals surface area contributed by atoms with Crippen LogP contribution in [0.4, 0.5) is 5.69 Å². The molecule has 0 spiro atoms. The third kappa shape index (κ3) is 4.45. The van der Waals surface area contributed by atoms with E-state index in [1.54, 1.807) is 16.8 Å². The van der Waals surface area contributed by atoms with Crippen LogP contribution in [0.3, 0.4) is 0 Å². The molecule has 0 aliphatic rings. The van der Waals surface area contributed by atoms with Gasteiger partial charge in [-0.1, -0.05) is 37.7 Å². The minimum absolute atomic E-state index is 0.000626. The van der Waals surface area contributed by atoms with Crippen LogP contribution in [0.5, 0.6) is 0 Å². The number of hydrogen-bond acceptors (Lipinski definition) is 9. The lowest BCUT2D eigenvalue weighted by atomic mass is 10.0. The Balaban J connectivity index is 1.50. The fourth-order valence-electron chi connectivity index (χ4n) is 2.86. The van der Waals surface area contributed by atoms with E-state index in [2.05, 4.69) is 51.7 Å². The number of hydrogen-bond donors (Lipinski definition) is 0. The molecule has 0 amide bonds. The van der Waals surface area contributed by atoms with E-state index < -0.39 is 4.92 Å². The molecule has 0 saturated carbocycles. The number of nitrogens with zero attached hydrogens (tertiary/aromatic N) is 7. The van der Waals surface area contributed by atoms with E-state index in [9.17, 15) is 10.1 Å². The predicted octanol–water partition coefficient (Wildman–Crippen LogP) is 4.60. The van der Waals surface area contributed by atoms with Crippen LogP contribution in [-0.2, 0) is 0 Å². The smallest absolute Gasteiger partial charge is 0.269 e. The van der Waals surface area contributed by atoms with E-state index in [1.807, 2.05) is 19.1 Å². The summed E-state index contributed by atoms with van der Waals surface area (Å²) in [6, 6.07) is 14.1. The summed E-state index contributed by atoms with van der Waals surface area (Å²) in [5, 5.41) is 31.4. The summed E-state index contributed by atoms with van der Waals surface area (Å²) >= 11 is 1.39. The molecule has 0 aliphatic carbocycles. The molecule has 10 nitrogen and oxygen atoms in total. The van der Waals surface area contributed by atoms with Crippen molar-refractivity contribution in [2.24, 2.45) is 0 Å². The van der Waals surface area contributed by atoms with Crippen LogP contribution in [-0.4, -0.2) is 35.3 Å². The van der Waals surface area contributed by atoms with Crippen LogP contribution in [0.2, 0.25) is 0 Å². The second-order valence-corrected chi connectivity index (χ2v) is 8.44. The maximum absolute atomic E-state index is 10.8. The molecule has 4 aromatic rings. The second-order valence-electron chi connectivity index (χ2n) is 7.13. The third-order valence-electron chi connectivity index (χ3n) is 4.64. The highest BCUT2D eigenvalue weighted by Gasteiger charge is 2.20. The van der Waals surface area contributed by atoms with Gasteiger partial charge >= 0.3 is 0 Å². The Labute approximate surface area is 181 Å². The van der Waals surface area contributed by atoms with Gasteiger partial charge in [-0.15, -0.1) is 15.3 Å². The van der Waals surface area contributed by atoms with Gasteiger partial charge in [0.1, 0.15) is 0 Å². The van der Waals surface area contributed by atoms with Gasteiger partial charge in [0.2, 0.25) is 16.9 Å². The highest BCUT2D eigenvalue weighted by Crippen LogP contribution is 2.34. The summed E-state index contributed by atoms with van der Waals surface area (Å²) in [6.07, 6.45) is 0. The zero-order chi connectivity index (χ0) is 22.0. The highest BCUT2D eigenvalue weighted by atomic mass is 32.2. The normalized spacial score (nSPS) is 12.3. The fourth-order valence-corrected chi connectivity index (χ4v) is 3.70. The minimum atomic E-state index is -0.456. The molecule has 11 heteroatoms. The number of thioether (sulfide) groups is 1. The summed E-state index contributed by atoms with van der Waals surface area (Å²) in [7, 11) is 0. The summed E-state index contributed by atoms with van der Waals surface area (Å²) in [5.74, 6) is 1.14. The lowest BCUT2D eigenvalue weighted by Crippen LogP contribution is -2.01. The van der Waals surface area contributed by atoms with Crippen LogP contribution in [0, 0.1) is 10.1 Å². The Morgan fingerprint density at radius 1 is 1.00 bits per heavy atom. The molecule has 0 fully saturated rings. The van der Waals surface area contributed by atoms with Crippen molar-refractivity contribution in [3.8, 4) is 17.1 Å². The maximum atomic E-state index is 10.8. The molecular formula is C20H19N7O3S. The van der Waals surface area contributed by atoms with Gasteiger partial charge in [0.25, 0.3) is 5.69 Å². The van der Waals surface area contributed by atoms with Gasteiger partial charge in [-0.2, -0.15) is 4.68 Å². The van der Waals surface area contributed by atoms with Crippen molar-refractivity contribution in [1.82, 2.24) is 30.4 Å². The Morgan fingerprint density at radius 3 is 2.35 bits per heavy atom. The maximum Gasteiger partial charge on any atom is 0.269 e. The van der Waals surface area contributed by atoms with E-state index in [1.165, 1.54) is 29.5 Å². The fraction of sp³-hybridized carbons (Fsp3) is 0.250. The van der Waals surface area contributed by atoms with Crippen molar-refractivity contribution >= 4 is 17.4 Å². The van der Waals surface area contributed by atoms with Gasteiger partial charge in [0.05, 0.1) is 15.9 Å². The first kappa shape index (κ1) is 20.7. The second kappa shape index (κ2) is 8.64. The predicted molar refractivity (Wildman–Crippen MR) is 114 cm³/mol. The molecule has 0 bridgehead atoms. The Bertz CT molecular complexity index is 1190. The molecule has 0 saturated heterocycles. The van der Waals surface area contributed by atoms with Gasteiger partial charge in [-0.05, 0) is 53.1 Å². The summed E-state index contributed by atoms with van der Waals surface area (Å²) in [5.41, 5.74) is 2.71. The Morgan fingerprint density at radius 2 is 1.71 bits per heavy atom. The first-order valence-electron chi connectivity index (χ1n) is 9.56. The number of nitro benzene ring substituents is 1. The SMILES string of the molecule is CC(C)c1ccc(-n2nnnc2S[C@@H](C)c2nnc(-c3ccc([N+](=O)[O-])cc3)o2)cc1. The first-order valence-corrected chi connectivity index (χ1v) is 10.4. The average molecular weight is 437 g/mol. The van der Waals surface area contributed by atoms with Gasteiger partial charge < -0.3 is 4.42 Å². The Hall–Kier alpha value is -3.60. The molecule has 0 aliphatic heterocycles. The lowest BCUT2D eigenvalue weighted by Gasteiger charge is -2.09. The average Bonchev–Trinajstić information content (AvgIpc) is 3.44. The first-order chi connectivity index (χ1) is 14.9. The molecule has 2 aromatic heterocycles. The number of benzene rings is 2. The van der Waals surface area contributed by atoms with Crippen molar-refractivity contribution in [3.63, 3.8) is 0 Å². The van der Waals surface area contributed by atoms with Crippen molar-refractivity contribution in [2.75, 3.05) is 0 Å². The molecule has 2 aromatic carbocycles. The minimum Gasteiger partial charge on any atom is -0.419 e. The van der Waals surface area contributed by atoms with E-state index in [0.717, 1.165) is 5.69 Å². The third-order valence-corrected chi connectivity index (χ3v) is 5.66. The van der Waals surface area contributed by atoms with Crippen LogP contribution in [0.1, 0.15) is 43.4 Å². The van der Waals surface area contributed by atoms with Crippen LogP contribution >= 0.6 is 11.8 Å². The molecule has 158 valence electrons. The number of rotatable bonds is 7. The van der Waals surface area contributed by atoms with Crippen molar-refractivity contribution in [3.05, 3.63) is 70.1 Å². The van der Waals surface area contributed by atoms with Gasteiger partial charge in [-0.3, -0.25) is 10.1 Å². The molecule has 1 atom stereocenters. The summed E-state index contributed by atoms with van der Waals surface area (Å²) in [4.78, 5) is 10.3. The summed E-state index contributed by atoms with van der Waals surface area (Å²) in [6.45, 7) is 6.20. The molecule has 2 heterocycles. The summed E-state index contributed by atoms with van der Waals surface area (Å²) < 4.78 is 7.44. The molecular weight excluding hydrogens is 418 g/mol. The van der Waals surface area contributed by atoms with Crippen LogP contribution < -0.4 is 0 Å². The van der Waals surface area contributed by atoms with E-state index >= 15 is 0 Å². The standard InChI is InChI=1S/C20H19N7O3S/c1-12(2)14-4-8-16(9-5-14)26-20(23-24-25-26)31-13(3)18-21-22-19(30-18)15-6-10-17(11-7-15)27(28)29/h4-13H,1-3H3/t13-/m0/s1. The topological polar surface area (TPSA) is 126 Å². The van der Waals surface area contributed by atoms with Crippen molar-refractivity contribution in [1.29, 1.82) is 0 Å². The molecule has 31 heavy (non-hydrogen) atoms. The number of aromatic nitrogens is 6. The molecule has 0 radical (unpaired) electrons. The monoisotopic (exact) mass is 437 g/mol. The van der Waals surface area contributed by atoms with Crippen LogP contribution in [0.15, 0.2) is 58.1 Å². The zero-order valence-electron chi connectivity index (χ0n) is 17.0. The number of tetrazole rings is 1. The molecule has 0 N–H and O–H groups in total. The molecule has 4 rings (SSSR count). The van der Waals surface area contributed by atoms with E-state index in [-0.39, 0.29) is 10.9 Å². The van der Waals surface area contributed by atoms with E-state index in [4.69, 9.17) is 4.42 Å². The van der Waals surface area contributed by atoms with Gasteiger partial charge in [-0.25, -0.2) is 0 Å². The van der Waals surface area contributed by atoms with Crippen molar-refractivity contribution in [2.45, 2.75) is 37.1 Å².